The lowest BCUT2D eigenvalue weighted by molar-refractivity contribution is 0.702. The third-order valence-electron chi connectivity index (χ3n) is 4.59. The Hall–Kier alpha value is -3.35. The standard InChI is InChI=1S/C18H16N4O3/c1-20-15-14(16(23)21(2)18(20)25)22(17(24)19-15)10-12-8-5-7-11-6-3-4-9-13(11)12/h3-9H,10H2,1-2H3,(H,19,24). The zero-order chi connectivity index (χ0) is 17.7. The van der Waals surface area contributed by atoms with Crippen LogP contribution in [0.1, 0.15) is 5.56 Å². The number of fused-ring (bicyclic) bond motifs is 2. The topological polar surface area (TPSA) is 81.8 Å². The molecule has 2 heterocycles. The molecule has 0 amide bonds. The van der Waals surface area contributed by atoms with Crippen molar-refractivity contribution in [3.63, 3.8) is 0 Å². The Bertz CT molecular complexity index is 1300. The van der Waals surface area contributed by atoms with Gasteiger partial charge in [-0.3, -0.25) is 23.5 Å². The van der Waals surface area contributed by atoms with Gasteiger partial charge < -0.3 is 0 Å². The monoisotopic (exact) mass is 336 g/mol. The van der Waals surface area contributed by atoms with Crippen molar-refractivity contribution >= 4 is 21.9 Å². The summed E-state index contributed by atoms with van der Waals surface area (Å²) in [6.07, 6.45) is 0. The first kappa shape index (κ1) is 15.2. The molecule has 0 saturated heterocycles. The van der Waals surface area contributed by atoms with Gasteiger partial charge >= 0.3 is 11.4 Å². The van der Waals surface area contributed by atoms with E-state index in [0.29, 0.717) is 0 Å². The maximum absolute atomic E-state index is 12.6. The molecule has 4 rings (SSSR count). The van der Waals surface area contributed by atoms with Gasteiger partial charge in [-0.1, -0.05) is 42.5 Å². The fourth-order valence-corrected chi connectivity index (χ4v) is 3.23. The van der Waals surface area contributed by atoms with Gasteiger partial charge in [0.15, 0.2) is 5.52 Å². The molecule has 7 heteroatoms. The van der Waals surface area contributed by atoms with Gasteiger partial charge in [-0.2, -0.15) is 0 Å². The number of hydrogen-bond acceptors (Lipinski definition) is 3. The predicted octanol–water partition coefficient (Wildman–Crippen LogP) is 0.928. The van der Waals surface area contributed by atoms with E-state index in [4.69, 9.17) is 0 Å². The van der Waals surface area contributed by atoms with E-state index in [1.54, 1.807) is 0 Å². The number of benzene rings is 2. The Morgan fingerprint density at radius 2 is 1.64 bits per heavy atom. The molecule has 7 nitrogen and oxygen atoms in total. The zero-order valence-corrected chi connectivity index (χ0v) is 13.8. The molecule has 2 aromatic heterocycles. The van der Waals surface area contributed by atoms with Crippen LogP contribution in [0.4, 0.5) is 0 Å². The van der Waals surface area contributed by atoms with Gasteiger partial charge in [-0.15, -0.1) is 0 Å². The van der Waals surface area contributed by atoms with Crippen molar-refractivity contribution in [1.29, 1.82) is 0 Å². The molecule has 1 N–H and O–H groups in total. The molecule has 0 saturated carbocycles. The maximum atomic E-state index is 12.6. The van der Waals surface area contributed by atoms with Crippen LogP contribution in [0.5, 0.6) is 0 Å². The predicted molar refractivity (Wildman–Crippen MR) is 96.1 cm³/mol. The lowest BCUT2D eigenvalue weighted by Crippen LogP contribution is -2.37. The average molecular weight is 336 g/mol. The fraction of sp³-hybridized carbons (Fsp3) is 0.167. The van der Waals surface area contributed by atoms with E-state index in [0.717, 1.165) is 20.9 Å². The molecule has 2 aromatic carbocycles. The Morgan fingerprint density at radius 1 is 0.920 bits per heavy atom. The molecule has 0 unspecified atom stereocenters. The van der Waals surface area contributed by atoms with Gasteiger partial charge in [0.2, 0.25) is 0 Å². The van der Waals surface area contributed by atoms with Crippen molar-refractivity contribution in [3.8, 4) is 0 Å². The van der Waals surface area contributed by atoms with Crippen LogP contribution in [-0.4, -0.2) is 18.7 Å². The van der Waals surface area contributed by atoms with Crippen LogP contribution in [0, 0.1) is 0 Å². The van der Waals surface area contributed by atoms with E-state index >= 15 is 0 Å². The summed E-state index contributed by atoms with van der Waals surface area (Å²) in [4.78, 5) is 39.7. The van der Waals surface area contributed by atoms with E-state index in [1.165, 1.54) is 23.2 Å². The van der Waals surface area contributed by atoms with Crippen LogP contribution in [0.25, 0.3) is 21.9 Å². The summed E-state index contributed by atoms with van der Waals surface area (Å²) in [6.45, 7) is 0.244. The molecule has 4 aromatic rings. The highest BCUT2D eigenvalue weighted by molar-refractivity contribution is 5.85. The quantitative estimate of drug-likeness (QED) is 0.591. The van der Waals surface area contributed by atoms with Gasteiger partial charge in [0.25, 0.3) is 5.56 Å². The SMILES string of the molecule is Cn1c(=O)c2c([nH]c(=O)n2Cc2cccc3ccccc23)n(C)c1=O. The summed E-state index contributed by atoms with van der Waals surface area (Å²) in [5.41, 5.74) is -0.0214. The maximum Gasteiger partial charge on any atom is 0.332 e. The third kappa shape index (κ3) is 2.16. The second kappa shape index (κ2) is 5.34. The van der Waals surface area contributed by atoms with E-state index in [2.05, 4.69) is 4.98 Å². The van der Waals surface area contributed by atoms with Crippen LogP contribution in [0.3, 0.4) is 0 Å². The minimum Gasteiger partial charge on any atom is -0.291 e. The first-order valence-corrected chi connectivity index (χ1v) is 7.84. The Kier molecular flexibility index (Phi) is 3.24. The first-order valence-electron chi connectivity index (χ1n) is 7.84. The Balaban J connectivity index is 2.02. The van der Waals surface area contributed by atoms with Gasteiger partial charge in [-0.05, 0) is 16.3 Å². The van der Waals surface area contributed by atoms with Gasteiger partial charge in [0.1, 0.15) is 5.65 Å². The molecule has 0 spiro atoms. The molecule has 0 fully saturated rings. The van der Waals surface area contributed by atoms with E-state index in [-0.39, 0.29) is 17.7 Å². The lowest BCUT2D eigenvalue weighted by atomic mass is 10.0. The van der Waals surface area contributed by atoms with Crippen LogP contribution in [0.2, 0.25) is 0 Å². The number of hydrogen-bond donors (Lipinski definition) is 1. The number of aromatic nitrogens is 4. The van der Waals surface area contributed by atoms with Crippen molar-refractivity contribution in [3.05, 3.63) is 79.4 Å². The second-order valence-corrected chi connectivity index (χ2v) is 6.06. The van der Waals surface area contributed by atoms with Crippen molar-refractivity contribution in [2.45, 2.75) is 6.54 Å². The highest BCUT2D eigenvalue weighted by Crippen LogP contribution is 2.19. The molecule has 0 radical (unpaired) electrons. The molecule has 0 bridgehead atoms. The fourth-order valence-electron chi connectivity index (χ4n) is 3.23. The van der Waals surface area contributed by atoms with Crippen molar-refractivity contribution in [2.75, 3.05) is 0 Å². The molecular formula is C18H16N4O3. The summed E-state index contributed by atoms with van der Waals surface area (Å²) < 4.78 is 3.67. The third-order valence-corrected chi connectivity index (χ3v) is 4.59. The number of imidazole rings is 1. The van der Waals surface area contributed by atoms with Gasteiger partial charge in [0, 0.05) is 14.1 Å². The smallest absolute Gasteiger partial charge is 0.291 e. The Labute approximate surface area is 141 Å². The summed E-state index contributed by atoms with van der Waals surface area (Å²) in [6, 6.07) is 13.7. The van der Waals surface area contributed by atoms with Crippen LogP contribution in [-0.2, 0) is 20.6 Å². The lowest BCUT2D eigenvalue weighted by Gasteiger charge is -2.09. The normalized spacial score (nSPS) is 11.4. The number of aryl methyl sites for hydroxylation is 1. The number of nitrogens with one attached hydrogen (secondary N) is 1. The van der Waals surface area contributed by atoms with Crippen molar-refractivity contribution in [2.24, 2.45) is 14.1 Å². The number of aromatic amines is 1. The molecule has 0 aliphatic heterocycles. The minimum atomic E-state index is -0.489. The highest BCUT2D eigenvalue weighted by atomic mass is 16.2. The summed E-state index contributed by atoms with van der Waals surface area (Å²) in [5.74, 6) is 0. The molecule has 0 aliphatic carbocycles. The van der Waals surface area contributed by atoms with Crippen molar-refractivity contribution in [1.82, 2.24) is 18.7 Å². The first-order chi connectivity index (χ1) is 12.0. The van der Waals surface area contributed by atoms with Crippen LogP contribution >= 0.6 is 0 Å². The zero-order valence-electron chi connectivity index (χ0n) is 13.8. The summed E-state index contributed by atoms with van der Waals surface area (Å²) in [7, 11) is 2.94. The summed E-state index contributed by atoms with van der Waals surface area (Å²) in [5, 5.41) is 2.08. The highest BCUT2D eigenvalue weighted by Gasteiger charge is 2.17. The molecule has 0 atom stereocenters. The van der Waals surface area contributed by atoms with Gasteiger partial charge in [0.05, 0.1) is 6.54 Å². The van der Waals surface area contributed by atoms with E-state index < -0.39 is 16.9 Å². The van der Waals surface area contributed by atoms with E-state index in [1.807, 2.05) is 42.5 Å². The van der Waals surface area contributed by atoms with Crippen molar-refractivity contribution < 1.29 is 0 Å². The molecule has 0 aliphatic rings. The largest absolute Gasteiger partial charge is 0.332 e. The summed E-state index contributed by atoms with van der Waals surface area (Å²) >= 11 is 0. The van der Waals surface area contributed by atoms with Crippen LogP contribution < -0.4 is 16.9 Å². The minimum absolute atomic E-state index is 0.197. The van der Waals surface area contributed by atoms with Gasteiger partial charge in [-0.25, -0.2) is 9.59 Å². The number of nitrogens with zero attached hydrogens (tertiary/aromatic N) is 3. The van der Waals surface area contributed by atoms with E-state index in [9.17, 15) is 14.4 Å². The number of rotatable bonds is 2. The molecular weight excluding hydrogens is 320 g/mol. The second-order valence-electron chi connectivity index (χ2n) is 6.06. The Morgan fingerprint density at radius 3 is 2.44 bits per heavy atom. The molecule has 126 valence electrons. The number of H-pyrrole nitrogens is 1. The average Bonchev–Trinajstić information content (AvgIpc) is 2.95. The molecule has 25 heavy (non-hydrogen) atoms. The van der Waals surface area contributed by atoms with Crippen LogP contribution in [0.15, 0.2) is 56.8 Å².